The van der Waals surface area contributed by atoms with Gasteiger partial charge in [-0.1, -0.05) is 23.4 Å². The molecule has 0 atom stereocenters. The van der Waals surface area contributed by atoms with Gasteiger partial charge in [-0.15, -0.1) is 10.2 Å². The van der Waals surface area contributed by atoms with E-state index in [1.807, 2.05) is 11.5 Å². The van der Waals surface area contributed by atoms with Crippen molar-refractivity contribution in [1.29, 1.82) is 0 Å². The van der Waals surface area contributed by atoms with Gasteiger partial charge in [0.1, 0.15) is 12.4 Å². The SMILES string of the molecule is CCn1c(COc2ccc(Cl)cc2)nnc1SCC(=O)O. The Kier molecular flexibility index (Phi) is 5.46. The summed E-state index contributed by atoms with van der Waals surface area (Å²) in [6, 6.07) is 7.04. The van der Waals surface area contributed by atoms with Gasteiger partial charge in [-0.05, 0) is 31.2 Å². The first kappa shape index (κ1) is 15.7. The van der Waals surface area contributed by atoms with E-state index in [-0.39, 0.29) is 12.4 Å². The smallest absolute Gasteiger partial charge is 0.313 e. The third-order valence-corrected chi connectivity index (χ3v) is 3.82. The summed E-state index contributed by atoms with van der Waals surface area (Å²) in [7, 11) is 0. The molecule has 0 aliphatic rings. The van der Waals surface area contributed by atoms with E-state index in [2.05, 4.69) is 10.2 Å². The van der Waals surface area contributed by atoms with Crippen molar-refractivity contribution in [2.75, 3.05) is 5.75 Å². The first-order chi connectivity index (χ1) is 10.1. The molecule has 2 rings (SSSR count). The fraction of sp³-hybridized carbons (Fsp3) is 0.308. The summed E-state index contributed by atoms with van der Waals surface area (Å²) in [5.41, 5.74) is 0. The summed E-state index contributed by atoms with van der Waals surface area (Å²) in [6.07, 6.45) is 0. The molecule has 0 saturated carbocycles. The number of aromatic nitrogens is 3. The molecule has 6 nitrogen and oxygen atoms in total. The highest BCUT2D eigenvalue weighted by Gasteiger charge is 2.13. The van der Waals surface area contributed by atoms with Crippen LogP contribution < -0.4 is 4.74 Å². The minimum atomic E-state index is -0.885. The van der Waals surface area contributed by atoms with E-state index in [1.165, 1.54) is 0 Å². The third-order valence-electron chi connectivity index (χ3n) is 2.62. The third kappa shape index (κ3) is 4.37. The lowest BCUT2D eigenvalue weighted by Crippen LogP contribution is -2.08. The number of hydrogen-bond donors (Lipinski definition) is 1. The molecule has 0 spiro atoms. The predicted molar refractivity (Wildman–Crippen MR) is 79.8 cm³/mol. The van der Waals surface area contributed by atoms with Crippen molar-refractivity contribution >= 4 is 29.3 Å². The van der Waals surface area contributed by atoms with Crippen LogP contribution in [0.5, 0.6) is 5.75 Å². The molecular weight excluding hydrogens is 314 g/mol. The second-order valence-corrected chi connectivity index (χ2v) is 5.45. The van der Waals surface area contributed by atoms with E-state index in [0.717, 1.165) is 11.8 Å². The molecule has 0 radical (unpaired) electrons. The number of ether oxygens (including phenoxy) is 1. The molecule has 21 heavy (non-hydrogen) atoms. The molecule has 1 heterocycles. The van der Waals surface area contributed by atoms with Gasteiger partial charge in [-0.25, -0.2) is 0 Å². The highest BCUT2D eigenvalue weighted by molar-refractivity contribution is 7.99. The number of rotatable bonds is 7. The summed E-state index contributed by atoms with van der Waals surface area (Å²) < 4.78 is 7.46. The number of carbonyl (C=O) groups is 1. The zero-order valence-corrected chi connectivity index (χ0v) is 12.9. The van der Waals surface area contributed by atoms with Crippen molar-refractivity contribution in [1.82, 2.24) is 14.8 Å². The monoisotopic (exact) mass is 327 g/mol. The molecule has 112 valence electrons. The van der Waals surface area contributed by atoms with Crippen LogP contribution >= 0.6 is 23.4 Å². The maximum Gasteiger partial charge on any atom is 0.313 e. The largest absolute Gasteiger partial charge is 0.486 e. The summed E-state index contributed by atoms with van der Waals surface area (Å²) in [6.45, 7) is 2.85. The van der Waals surface area contributed by atoms with Crippen molar-refractivity contribution < 1.29 is 14.6 Å². The number of nitrogens with zero attached hydrogens (tertiary/aromatic N) is 3. The fourth-order valence-corrected chi connectivity index (χ4v) is 2.52. The molecular formula is C13H14ClN3O3S. The van der Waals surface area contributed by atoms with Crippen molar-refractivity contribution in [3.05, 3.63) is 35.1 Å². The van der Waals surface area contributed by atoms with Crippen LogP contribution in [0.4, 0.5) is 0 Å². The van der Waals surface area contributed by atoms with Crippen LogP contribution in [0.25, 0.3) is 0 Å². The van der Waals surface area contributed by atoms with Crippen LogP contribution in [0.15, 0.2) is 29.4 Å². The predicted octanol–water partition coefficient (Wildman–Crippen LogP) is 2.71. The van der Waals surface area contributed by atoms with E-state index in [9.17, 15) is 4.79 Å². The van der Waals surface area contributed by atoms with Crippen molar-refractivity contribution in [2.24, 2.45) is 0 Å². The van der Waals surface area contributed by atoms with Gasteiger partial charge >= 0.3 is 5.97 Å². The van der Waals surface area contributed by atoms with Crippen molar-refractivity contribution in [3.63, 3.8) is 0 Å². The number of aliphatic carboxylic acids is 1. The summed E-state index contributed by atoms with van der Waals surface area (Å²) >= 11 is 6.95. The molecule has 0 aliphatic heterocycles. The number of carboxylic acids is 1. The standard InChI is InChI=1S/C13H14ClN3O3S/c1-2-17-11(15-16-13(17)21-8-12(18)19)7-20-10-5-3-9(14)4-6-10/h3-6H,2,7-8H2,1H3,(H,18,19). The molecule has 0 amide bonds. The Morgan fingerprint density at radius 1 is 1.38 bits per heavy atom. The Balaban J connectivity index is 2.02. The Morgan fingerprint density at radius 3 is 2.71 bits per heavy atom. The quantitative estimate of drug-likeness (QED) is 0.788. The molecule has 1 aromatic carbocycles. The summed E-state index contributed by atoms with van der Waals surface area (Å²) in [4.78, 5) is 10.6. The van der Waals surface area contributed by atoms with Gasteiger partial charge in [0, 0.05) is 11.6 Å². The number of hydrogen-bond acceptors (Lipinski definition) is 5. The average molecular weight is 328 g/mol. The van der Waals surface area contributed by atoms with Gasteiger partial charge < -0.3 is 14.4 Å². The van der Waals surface area contributed by atoms with Crippen LogP contribution in [0, 0.1) is 0 Å². The van der Waals surface area contributed by atoms with Gasteiger partial charge in [-0.2, -0.15) is 0 Å². The Hall–Kier alpha value is -1.73. The van der Waals surface area contributed by atoms with Gasteiger partial charge in [0.05, 0.1) is 5.75 Å². The second-order valence-electron chi connectivity index (χ2n) is 4.07. The molecule has 0 fully saturated rings. The molecule has 1 N–H and O–H groups in total. The van der Waals surface area contributed by atoms with Gasteiger partial charge in [0.25, 0.3) is 0 Å². The van der Waals surface area contributed by atoms with E-state index in [1.54, 1.807) is 24.3 Å². The Bertz CT molecular complexity index is 616. The van der Waals surface area contributed by atoms with E-state index in [0.29, 0.717) is 28.3 Å². The Morgan fingerprint density at radius 2 is 2.10 bits per heavy atom. The normalized spacial score (nSPS) is 10.6. The average Bonchev–Trinajstić information content (AvgIpc) is 2.86. The number of halogens is 1. The minimum absolute atomic E-state index is 0.0455. The lowest BCUT2D eigenvalue weighted by molar-refractivity contribution is -0.133. The molecule has 0 unspecified atom stereocenters. The highest BCUT2D eigenvalue weighted by Crippen LogP contribution is 2.19. The maximum atomic E-state index is 10.6. The lowest BCUT2D eigenvalue weighted by atomic mass is 10.3. The van der Waals surface area contributed by atoms with Crippen LogP contribution in [-0.4, -0.2) is 31.6 Å². The van der Waals surface area contributed by atoms with Crippen LogP contribution in [-0.2, 0) is 17.9 Å². The van der Waals surface area contributed by atoms with E-state index < -0.39 is 5.97 Å². The molecule has 0 saturated heterocycles. The highest BCUT2D eigenvalue weighted by atomic mass is 35.5. The molecule has 0 aliphatic carbocycles. The number of benzene rings is 1. The minimum Gasteiger partial charge on any atom is -0.486 e. The second kappa shape index (κ2) is 7.33. The molecule has 1 aromatic heterocycles. The zero-order valence-electron chi connectivity index (χ0n) is 11.3. The number of carboxylic acid groups (broad SMARTS) is 1. The number of thioether (sulfide) groups is 1. The van der Waals surface area contributed by atoms with Crippen molar-refractivity contribution in [3.8, 4) is 5.75 Å². The topological polar surface area (TPSA) is 77.2 Å². The van der Waals surface area contributed by atoms with Crippen LogP contribution in [0.2, 0.25) is 5.02 Å². The Labute approximate surface area is 131 Å². The van der Waals surface area contributed by atoms with E-state index in [4.69, 9.17) is 21.4 Å². The molecule has 0 bridgehead atoms. The van der Waals surface area contributed by atoms with Crippen molar-refractivity contribution in [2.45, 2.75) is 25.2 Å². The zero-order chi connectivity index (χ0) is 15.2. The first-order valence-corrected chi connectivity index (χ1v) is 7.61. The maximum absolute atomic E-state index is 10.6. The van der Waals surface area contributed by atoms with Crippen LogP contribution in [0.3, 0.4) is 0 Å². The lowest BCUT2D eigenvalue weighted by Gasteiger charge is -2.08. The van der Waals surface area contributed by atoms with Gasteiger partial charge in [-0.3, -0.25) is 4.79 Å². The molecule has 8 heteroatoms. The summed E-state index contributed by atoms with van der Waals surface area (Å²) in [5.74, 6) is 0.408. The van der Waals surface area contributed by atoms with E-state index >= 15 is 0 Å². The fourth-order valence-electron chi connectivity index (χ4n) is 1.66. The van der Waals surface area contributed by atoms with Gasteiger partial charge in [0.2, 0.25) is 0 Å². The van der Waals surface area contributed by atoms with Crippen LogP contribution in [0.1, 0.15) is 12.7 Å². The molecule has 2 aromatic rings. The van der Waals surface area contributed by atoms with Gasteiger partial charge in [0.15, 0.2) is 11.0 Å². The summed E-state index contributed by atoms with van der Waals surface area (Å²) in [5, 5.41) is 18.0. The first-order valence-electron chi connectivity index (χ1n) is 6.25.